The Hall–Kier alpha value is -1.61. The smallest absolute Gasteiger partial charge is 0.136 e. The van der Waals surface area contributed by atoms with Crippen molar-refractivity contribution >= 4 is 0 Å². The van der Waals surface area contributed by atoms with E-state index in [0.717, 1.165) is 5.56 Å². The molecule has 0 spiro atoms. The summed E-state index contributed by atoms with van der Waals surface area (Å²) in [5.41, 5.74) is 0.930. The van der Waals surface area contributed by atoms with Crippen LogP contribution in [0, 0.1) is 11.3 Å². The average Bonchev–Trinajstić information content (AvgIpc) is 2.47. The van der Waals surface area contributed by atoms with Crippen LogP contribution in [0.5, 0.6) is 5.75 Å². The first kappa shape index (κ1) is 15.8. The Morgan fingerprint density at radius 2 is 2.14 bits per heavy atom. The molecule has 0 radical (unpaired) electrons. The second-order valence-electron chi connectivity index (χ2n) is 5.66. The normalized spacial score (nSPS) is 17.5. The van der Waals surface area contributed by atoms with Crippen LogP contribution in [0.4, 0.5) is 0 Å². The second-order valence-corrected chi connectivity index (χ2v) is 5.66. The Labute approximate surface area is 125 Å². The highest BCUT2D eigenvalue weighted by atomic mass is 16.5. The third kappa shape index (κ3) is 4.18. The number of hydrogen-bond donors (Lipinski definition) is 1. The highest BCUT2D eigenvalue weighted by molar-refractivity contribution is 5.45. The van der Waals surface area contributed by atoms with Gasteiger partial charge in [-0.1, -0.05) is 6.07 Å². The van der Waals surface area contributed by atoms with E-state index in [-0.39, 0.29) is 0 Å². The SMILES string of the molecule is COc1cc(CN(C)CC2(O)CCOCC2)ccc1C#N. The molecule has 0 aliphatic carbocycles. The highest BCUT2D eigenvalue weighted by Crippen LogP contribution is 2.23. The molecule has 1 N–H and O–H groups in total. The molecule has 0 unspecified atom stereocenters. The summed E-state index contributed by atoms with van der Waals surface area (Å²) in [4.78, 5) is 2.09. The van der Waals surface area contributed by atoms with Crippen LogP contribution in [0.15, 0.2) is 18.2 Å². The van der Waals surface area contributed by atoms with E-state index >= 15 is 0 Å². The molecule has 0 amide bonds. The van der Waals surface area contributed by atoms with E-state index in [1.165, 1.54) is 0 Å². The molecule has 2 rings (SSSR count). The van der Waals surface area contributed by atoms with Gasteiger partial charge in [-0.15, -0.1) is 0 Å². The second kappa shape index (κ2) is 6.90. The van der Waals surface area contributed by atoms with Crippen molar-refractivity contribution in [3.63, 3.8) is 0 Å². The highest BCUT2D eigenvalue weighted by Gasteiger charge is 2.30. The van der Waals surface area contributed by atoms with Gasteiger partial charge < -0.3 is 14.6 Å². The van der Waals surface area contributed by atoms with E-state index in [4.69, 9.17) is 14.7 Å². The molecule has 21 heavy (non-hydrogen) atoms. The zero-order valence-electron chi connectivity index (χ0n) is 12.6. The van der Waals surface area contributed by atoms with E-state index in [0.29, 0.717) is 50.5 Å². The Balaban J connectivity index is 1.99. The fraction of sp³-hybridized carbons (Fsp3) is 0.562. The minimum absolute atomic E-state index is 0.534. The standard InChI is InChI=1S/C16H22N2O3/c1-18(12-16(19)5-7-21-8-6-16)11-13-3-4-14(10-17)15(9-13)20-2/h3-4,9,19H,5-8,11-12H2,1-2H3. The molecular formula is C16H22N2O3. The summed E-state index contributed by atoms with van der Waals surface area (Å²) in [5, 5.41) is 19.5. The largest absolute Gasteiger partial charge is 0.495 e. The molecule has 1 fully saturated rings. The van der Waals surface area contributed by atoms with Crippen LogP contribution in [0.1, 0.15) is 24.0 Å². The van der Waals surface area contributed by atoms with Crippen molar-refractivity contribution < 1.29 is 14.6 Å². The van der Waals surface area contributed by atoms with Crippen LogP contribution in [-0.2, 0) is 11.3 Å². The summed E-state index contributed by atoms with van der Waals surface area (Å²) in [6.07, 6.45) is 1.35. The van der Waals surface area contributed by atoms with Crippen LogP contribution in [0.25, 0.3) is 0 Å². The summed E-state index contributed by atoms with van der Waals surface area (Å²) in [6.45, 7) is 2.55. The molecule has 0 bridgehead atoms. The third-order valence-electron chi connectivity index (χ3n) is 3.83. The number of ether oxygens (including phenoxy) is 2. The van der Waals surface area contributed by atoms with Crippen molar-refractivity contribution in [3.8, 4) is 11.8 Å². The van der Waals surface area contributed by atoms with E-state index in [2.05, 4.69) is 11.0 Å². The molecule has 1 heterocycles. The topological polar surface area (TPSA) is 65.7 Å². The minimum atomic E-state index is -0.663. The maximum Gasteiger partial charge on any atom is 0.136 e. The molecule has 5 nitrogen and oxygen atoms in total. The number of nitrogens with zero attached hydrogens (tertiary/aromatic N) is 2. The lowest BCUT2D eigenvalue weighted by Gasteiger charge is -2.35. The maximum absolute atomic E-state index is 10.5. The van der Waals surface area contributed by atoms with E-state index in [1.807, 2.05) is 19.2 Å². The van der Waals surface area contributed by atoms with Gasteiger partial charge in [-0.3, -0.25) is 4.90 Å². The van der Waals surface area contributed by atoms with Crippen molar-refractivity contribution in [1.82, 2.24) is 4.90 Å². The zero-order chi connectivity index (χ0) is 15.3. The first-order valence-corrected chi connectivity index (χ1v) is 7.12. The van der Waals surface area contributed by atoms with Gasteiger partial charge in [0.2, 0.25) is 0 Å². The fourth-order valence-corrected chi connectivity index (χ4v) is 2.71. The average molecular weight is 290 g/mol. The molecule has 1 aliphatic heterocycles. The van der Waals surface area contributed by atoms with E-state index in [9.17, 15) is 5.11 Å². The maximum atomic E-state index is 10.5. The Morgan fingerprint density at radius 1 is 1.43 bits per heavy atom. The molecule has 0 atom stereocenters. The quantitative estimate of drug-likeness (QED) is 0.891. The first-order valence-electron chi connectivity index (χ1n) is 7.12. The van der Waals surface area contributed by atoms with Gasteiger partial charge >= 0.3 is 0 Å². The van der Waals surface area contributed by atoms with Gasteiger partial charge in [-0.2, -0.15) is 5.26 Å². The van der Waals surface area contributed by atoms with E-state index in [1.54, 1.807) is 13.2 Å². The van der Waals surface area contributed by atoms with Crippen molar-refractivity contribution in [3.05, 3.63) is 29.3 Å². The van der Waals surface area contributed by atoms with E-state index < -0.39 is 5.60 Å². The lowest BCUT2D eigenvalue weighted by atomic mass is 9.94. The minimum Gasteiger partial charge on any atom is -0.495 e. The molecule has 1 saturated heterocycles. The molecular weight excluding hydrogens is 268 g/mol. The summed E-state index contributed by atoms with van der Waals surface area (Å²) in [7, 11) is 3.55. The van der Waals surface area contributed by atoms with Crippen LogP contribution in [0.2, 0.25) is 0 Å². The molecule has 1 aromatic carbocycles. The third-order valence-corrected chi connectivity index (χ3v) is 3.83. The van der Waals surface area contributed by atoms with Gasteiger partial charge in [-0.05, 0) is 24.7 Å². The molecule has 1 aromatic rings. The van der Waals surface area contributed by atoms with Crippen molar-refractivity contribution in [2.45, 2.75) is 25.0 Å². The number of aliphatic hydroxyl groups is 1. The fourth-order valence-electron chi connectivity index (χ4n) is 2.71. The number of benzene rings is 1. The van der Waals surface area contributed by atoms with Crippen molar-refractivity contribution in [2.24, 2.45) is 0 Å². The predicted molar refractivity (Wildman–Crippen MR) is 79.0 cm³/mol. The number of nitriles is 1. The Morgan fingerprint density at radius 3 is 2.76 bits per heavy atom. The monoisotopic (exact) mass is 290 g/mol. The summed E-state index contributed by atoms with van der Waals surface area (Å²) >= 11 is 0. The lowest BCUT2D eigenvalue weighted by molar-refractivity contribution is -0.0777. The van der Waals surface area contributed by atoms with Crippen LogP contribution < -0.4 is 4.74 Å². The van der Waals surface area contributed by atoms with Crippen molar-refractivity contribution in [2.75, 3.05) is 33.9 Å². The van der Waals surface area contributed by atoms with Gasteiger partial charge in [0.1, 0.15) is 11.8 Å². The van der Waals surface area contributed by atoms with Crippen LogP contribution in [-0.4, -0.2) is 49.5 Å². The summed E-state index contributed by atoms with van der Waals surface area (Å²) in [5.74, 6) is 0.591. The molecule has 0 saturated carbocycles. The number of hydrogen-bond acceptors (Lipinski definition) is 5. The van der Waals surface area contributed by atoms with Crippen LogP contribution >= 0.6 is 0 Å². The Bertz CT molecular complexity index is 519. The molecule has 114 valence electrons. The number of likely N-dealkylation sites (N-methyl/N-ethyl adjacent to an activating group) is 1. The lowest BCUT2D eigenvalue weighted by Crippen LogP contribution is -2.45. The Kier molecular flexibility index (Phi) is 5.18. The molecule has 1 aliphatic rings. The van der Waals surface area contributed by atoms with Crippen molar-refractivity contribution in [1.29, 1.82) is 5.26 Å². The van der Waals surface area contributed by atoms with Gasteiger partial charge in [0.15, 0.2) is 0 Å². The first-order chi connectivity index (χ1) is 10.1. The number of methoxy groups -OCH3 is 1. The van der Waals surface area contributed by atoms with Gasteiger partial charge in [0, 0.05) is 39.1 Å². The predicted octanol–water partition coefficient (Wildman–Crippen LogP) is 1.54. The van der Waals surface area contributed by atoms with Gasteiger partial charge in [-0.25, -0.2) is 0 Å². The number of rotatable bonds is 5. The van der Waals surface area contributed by atoms with Crippen LogP contribution in [0.3, 0.4) is 0 Å². The summed E-state index contributed by atoms with van der Waals surface area (Å²) < 4.78 is 10.5. The molecule has 0 aromatic heterocycles. The van der Waals surface area contributed by atoms with Gasteiger partial charge in [0.25, 0.3) is 0 Å². The summed E-state index contributed by atoms with van der Waals surface area (Å²) in [6, 6.07) is 7.68. The van der Waals surface area contributed by atoms with Gasteiger partial charge in [0.05, 0.1) is 18.3 Å². The molecule has 5 heteroatoms. The zero-order valence-corrected chi connectivity index (χ0v) is 12.6.